The molecule has 0 saturated carbocycles. The van der Waals surface area contributed by atoms with Crippen molar-refractivity contribution in [1.82, 2.24) is 9.80 Å². The SMILES string of the molecule is N#Cc1ccc(CN2CCCN(CC(O)COCCO)CC2)cc1. The summed E-state index contributed by atoms with van der Waals surface area (Å²) in [7, 11) is 0. The van der Waals surface area contributed by atoms with E-state index in [1.165, 1.54) is 5.56 Å². The largest absolute Gasteiger partial charge is 0.394 e. The van der Waals surface area contributed by atoms with E-state index in [1.807, 2.05) is 24.3 Å². The Labute approximate surface area is 143 Å². The molecule has 1 fully saturated rings. The number of rotatable bonds is 8. The maximum absolute atomic E-state index is 9.98. The van der Waals surface area contributed by atoms with Crippen LogP contribution in [0.5, 0.6) is 0 Å². The first-order chi connectivity index (χ1) is 11.7. The van der Waals surface area contributed by atoms with Crippen LogP contribution in [-0.4, -0.2) is 78.7 Å². The molecule has 0 amide bonds. The van der Waals surface area contributed by atoms with Crippen molar-refractivity contribution in [3.8, 4) is 6.07 Å². The molecule has 0 radical (unpaired) electrons. The Balaban J connectivity index is 1.74. The summed E-state index contributed by atoms with van der Waals surface area (Å²) in [6.07, 6.45) is 0.558. The smallest absolute Gasteiger partial charge is 0.0991 e. The first-order valence-electron chi connectivity index (χ1n) is 8.51. The Morgan fingerprint density at radius 2 is 1.83 bits per heavy atom. The molecule has 1 saturated heterocycles. The zero-order chi connectivity index (χ0) is 17.2. The maximum atomic E-state index is 9.98. The lowest BCUT2D eigenvalue weighted by molar-refractivity contribution is 0.00588. The summed E-state index contributed by atoms with van der Waals surface area (Å²) >= 11 is 0. The van der Waals surface area contributed by atoms with E-state index < -0.39 is 6.10 Å². The number of hydrogen-bond donors (Lipinski definition) is 2. The van der Waals surface area contributed by atoms with Crippen molar-refractivity contribution in [1.29, 1.82) is 5.26 Å². The van der Waals surface area contributed by atoms with E-state index in [1.54, 1.807) is 0 Å². The molecule has 0 aromatic heterocycles. The van der Waals surface area contributed by atoms with Gasteiger partial charge in [-0.25, -0.2) is 0 Å². The Bertz CT molecular complexity index is 515. The van der Waals surface area contributed by atoms with E-state index in [4.69, 9.17) is 15.1 Å². The van der Waals surface area contributed by atoms with Crippen molar-refractivity contribution in [3.63, 3.8) is 0 Å². The Morgan fingerprint density at radius 3 is 2.54 bits per heavy atom. The van der Waals surface area contributed by atoms with E-state index in [9.17, 15) is 5.11 Å². The number of hydrogen-bond acceptors (Lipinski definition) is 6. The van der Waals surface area contributed by atoms with E-state index in [0.29, 0.717) is 12.1 Å². The Hall–Kier alpha value is -1.49. The molecule has 1 aromatic rings. The topological polar surface area (TPSA) is 80.0 Å². The zero-order valence-corrected chi connectivity index (χ0v) is 14.1. The fraction of sp³-hybridized carbons (Fsp3) is 0.611. The van der Waals surface area contributed by atoms with Crippen LogP contribution in [0.15, 0.2) is 24.3 Å². The van der Waals surface area contributed by atoms with Crippen LogP contribution in [0.4, 0.5) is 0 Å². The lowest BCUT2D eigenvalue weighted by Crippen LogP contribution is -2.37. The van der Waals surface area contributed by atoms with Gasteiger partial charge < -0.3 is 14.9 Å². The van der Waals surface area contributed by atoms with Gasteiger partial charge in [0.1, 0.15) is 0 Å². The second kappa shape index (κ2) is 10.4. The predicted molar refractivity (Wildman–Crippen MR) is 91.4 cm³/mol. The minimum atomic E-state index is -0.512. The Morgan fingerprint density at radius 1 is 1.12 bits per heavy atom. The standard InChI is InChI=1S/C18H27N3O3/c19-12-16-2-4-17(5-3-16)13-20-6-1-7-21(9-8-20)14-18(23)15-24-11-10-22/h2-5,18,22-23H,1,6-11,13-15H2. The molecule has 1 heterocycles. The van der Waals surface area contributed by atoms with Crippen LogP contribution in [0, 0.1) is 11.3 Å². The lowest BCUT2D eigenvalue weighted by Gasteiger charge is -2.24. The van der Waals surface area contributed by atoms with Gasteiger partial charge in [0.15, 0.2) is 0 Å². The number of benzene rings is 1. The minimum Gasteiger partial charge on any atom is -0.394 e. The molecule has 0 bridgehead atoms. The van der Waals surface area contributed by atoms with Crippen molar-refractivity contribution in [2.45, 2.75) is 19.1 Å². The second-order valence-electron chi connectivity index (χ2n) is 6.19. The fourth-order valence-corrected chi connectivity index (χ4v) is 2.94. The third-order valence-corrected chi connectivity index (χ3v) is 4.19. The number of nitrogens with zero attached hydrogens (tertiary/aromatic N) is 3. The van der Waals surface area contributed by atoms with Crippen molar-refractivity contribution < 1.29 is 14.9 Å². The molecule has 1 aliphatic heterocycles. The van der Waals surface area contributed by atoms with Crippen molar-refractivity contribution >= 4 is 0 Å². The van der Waals surface area contributed by atoms with Crippen molar-refractivity contribution in [2.75, 3.05) is 52.5 Å². The zero-order valence-electron chi connectivity index (χ0n) is 14.1. The molecule has 1 aromatic carbocycles. The molecule has 0 spiro atoms. The lowest BCUT2D eigenvalue weighted by atomic mass is 10.1. The van der Waals surface area contributed by atoms with Crippen LogP contribution in [0.3, 0.4) is 0 Å². The van der Waals surface area contributed by atoms with Crippen LogP contribution in [-0.2, 0) is 11.3 Å². The van der Waals surface area contributed by atoms with Gasteiger partial charge in [-0.3, -0.25) is 9.80 Å². The molecule has 0 aliphatic carbocycles. The summed E-state index contributed by atoms with van der Waals surface area (Å²) in [6, 6.07) is 9.90. The number of nitriles is 1. The van der Waals surface area contributed by atoms with Gasteiger partial charge in [0.25, 0.3) is 0 Å². The predicted octanol–water partition coefficient (Wildman–Crippen LogP) is 0.436. The molecule has 1 atom stereocenters. The average molecular weight is 333 g/mol. The third-order valence-electron chi connectivity index (χ3n) is 4.19. The summed E-state index contributed by atoms with van der Waals surface area (Å²) < 4.78 is 5.18. The molecule has 2 N–H and O–H groups in total. The van der Waals surface area contributed by atoms with E-state index in [0.717, 1.165) is 39.1 Å². The molecule has 6 heteroatoms. The third kappa shape index (κ3) is 6.56. The monoisotopic (exact) mass is 333 g/mol. The van der Waals surface area contributed by atoms with E-state index in [-0.39, 0.29) is 19.8 Å². The highest BCUT2D eigenvalue weighted by Gasteiger charge is 2.17. The van der Waals surface area contributed by atoms with Crippen LogP contribution in [0.1, 0.15) is 17.5 Å². The minimum absolute atomic E-state index is 0.0132. The summed E-state index contributed by atoms with van der Waals surface area (Å²) in [5, 5.41) is 27.5. The number of β-amino-alcohol motifs (C(OH)–C–C–N with tert-alkyl or cyclic N) is 1. The van der Waals surface area contributed by atoms with Crippen LogP contribution >= 0.6 is 0 Å². The number of aliphatic hydroxyl groups is 2. The fourth-order valence-electron chi connectivity index (χ4n) is 2.94. The van der Waals surface area contributed by atoms with Gasteiger partial charge in [0.05, 0.1) is 37.6 Å². The number of ether oxygens (including phenoxy) is 1. The van der Waals surface area contributed by atoms with Crippen molar-refractivity contribution in [2.24, 2.45) is 0 Å². The molecule has 1 aliphatic rings. The molecule has 6 nitrogen and oxygen atoms in total. The van der Waals surface area contributed by atoms with Crippen LogP contribution in [0.2, 0.25) is 0 Å². The summed E-state index contributed by atoms with van der Waals surface area (Å²) in [4.78, 5) is 4.68. The molecule has 1 unspecified atom stereocenters. The maximum Gasteiger partial charge on any atom is 0.0991 e. The quantitative estimate of drug-likeness (QED) is 0.672. The molecular formula is C18H27N3O3. The van der Waals surface area contributed by atoms with Gasteiger partial charge in [0.2, 0.25) is 0 Å². The van der Waals surface area contributed by atoms with Gasteiger partial charge in [-0.1, -0.05) is 12.1 Å². The molecule has 2 rings (SSSR count). The van der Waals surface area contributed by atoms with Gasteiger partial charge in [-0.05, 0) is 37.2 Å². The highest BCUT2D eigenvalue weighted by molar-refractivity contribution is 5.31. The van der Waals surface area contributed by atoms with E-state index in [2.05, 4.69) is 15.9 Å². The molecule has 24 heavy (non-hydrogen) atoms. The normalized spacial score (nSPS) is 18.0. The first-order valence-corrected chi connectivity index (χ1v) is 8.51. The summed E-state index contributed by atoms with van der Waals surface area (Å²) in [6.45, 7) is 5.92. The van der Waals surface area contributed by atoms with Crippen LogP contribution in [0.25, 0.3) is 0 Å². The van der Waals surface area contributed by atoms with E-state index >= 15 is 0 Å². The van der Waals surface area contributed by atoms with Gasteiger partial charge in [-0.15, -0.1) is 0 Å². The highest BCUT2D eigenvalue weighted by atomic mass is 16.5. The second-order valence-corrected chi connectivity index (χ2v) is 6.19. The summed E-state index contributed by atoms with van der Waals surface area (Å²) in [5.41, 5.74) is 1.91. The van der Waals surface area contributed by atoms with Gasteiger partial charge >= 0.3 is 0 Å². The Kier molecular flexibility index (Phi) is 8.16. The average Bonchev–Trinajstić information content (AvgIpc) is 2.81. The van der Waals surface area contributed by atoms with Crippen LogP contribution < -0.4 is 0 Å². The summed E-state index contributed by atoms with van der Waals surface area (Å²) in [5.74, 6) is 0. The highest BCUT2D eigenvalue weighted by Crippen LogP contribution is 2.10. The van der Waals surface area contributed by atoms with Crippen molar-refractivity contribution in [3.05, 3.63) is 35.4 Å². The van der Waals surface area contributed by atoms with Gasteiger partial charge in [0, 0.05) is 26.2 Å². The number of aliphatic hydroxyl groups excluding tert-OH is 2. The molecular weight excluding hydrogens is 306 g/mol. The van der Waals surface area contributed by atoms with Gasteiger partial charge in [-0.2, -0.15) is 5.26 Å². The first kappa shape index (κ1) is 18.8. The molecule has 132 valence electrons.